The molecule has 0 aliphatic carbocycles. The molecule has 0 saturated carbocycles. The van der Waals surface area contributed by atoms with Gasteiger partial charge in [0, 0.05) is 18.8 Å². The molecular weight excluding hydrogens is 242 g/mol. The molecule has 0 spiro atoms. The lowest BCUT2D eigenvalue weighted by atomic mass is 10.1. The fraction of sp³-hybridized carbons (Fsp3) is 0.286. The first-order valence-corrected chi connectivity index (χ1v) is 6.81. The van der Waals surface area contributed by atoms with Crippen LogP contribution >= 0.6 is 11.3 Å². The molecule has 0 aliphatic heterocycles. The van der Waals surface area contributed by atoms with Crippen molar-refractivity contribution in [3.05, 3.63) is 52.0 Å². The highest BCUT2D eigenvalue weighted by Gasteiger charge is 2.04. The first-order valence-electron chi connectivity index (χ1n) is 5.87. The van der Waals surface area contributed by atoms with E-state index in [9.17, 15) is 0 Å². The van der Waals surface area contributed by atoms with Crippen molar-refractivity contribution in [1.82, 2.24) is 10.3 Å². The molecule has 92 valence electrons. The third kappa shape index (κ3) is 3.66. The quantitative estimate of drug-likeness (QED) is 0.896. The summed E-state index contributed by atoms with van der Waals surface area (Å²) in [6.45, 7) is 2.94. The van der Waals surface area contributed by atoms with E-state index in [1.54, 1.807) is 17.5 Å². The zero-order valence-corrected chi connectivity index (χ0v) is 11.1. The maximum atomic E-state index is 8.78. The maximum Gasteiger partial charge on any atom is 0.140 e. The lowest BCUT2D eigenvalue weighted by Crippen LogP contribution is -2.27. The smallest absolute Gasteiger partial charge is 0.140 e. The van der Waals surface area contributed by atoms with Gasteiger partial charge in [-0.15, -0.1) is 0 Å². The monoisotopic (exact) mass is 257 g/mol. The Morgan fingerprint density at radius 1 is 1.44 bits per heavy atom. The van der Waals surface area contributed by atoms with Gasteiger partial charge < -0.3 is 5.32 Å². The van der Waals surface area contributed by atoms with Crippen LogP contribution in [0.3, 0.4) is 0 Å². The van der Waals surface area contributed by atoms with Crippen LogP contribution in [0.5, 0.6) is 0 Å². The van der Waals surface area contributed by atoms with Gasteiger partial charge in [0.05, 0.1) is 0 Å². The Labute approximate surface area is 111 Å². The van der Waals surface area contributed by atoms with Crippen LogP contribution in [0.2, 0.25) is 0 Å². The molecule has 0 fully saturated rings. The average molecular weight is 257 g/mol. The minimum atomic E-state index is 0.415. The van der Waals surface area contributed by atoms with Crippen LogP contribution < -0.4 is 5.32 Å². The lowest BCUT2D eigenvalue weighted by Gasteiger charge is -2.13. The van der Waals surface area contributed by atoms with E-state index in [0.29, 0.717) is 11.7 Å². The molecule has 0 aliphatic rings. The molecule has 1 N–H and O–H groups in total. The predicted octanol–water partition coefficient (Wildman–Crippen LogP) is 2.74. The van der Waals surface area contributed by atoms with Crippen LogP contribution in [0.25, 0.3) is 0 Å². The molecule has 4 heteroatoms. The van der Waals surface area contributed by atoms with Gasteiger partial charge in [0.15, 0.2) is 0 Å². The van der Waals surface area contributed by atoms with Gasteiger partial charge in [0.25, 0.3) is 0 Å². The van der Waals surface area contributed by atoms with Gasteiger partial charge in [0.1, 0.15) is 11.8 Å². The Morgan fingerprint density at radius 2 is 2.33 bits per heavy atom. The number of aromatic nitrogens is 1. The molecule has 18 heavy (non-hydrogen) atoms. The normalized spacial score (nSPS) is 12.0. The molecule has 1 unspecified atom stereocenters. The number of thiophene rings is 1. The molecule has 0 bridgehead atoms. The van der Waals surface area contributed by atoms with Gasteiger partial charge in [0.2, 0.25) is 0 Å². The Bertz CT molecular complexity index is 528. The number of nitriles is 1. The average Bonchev–Trinajstić information content (AvgIpc) is 2.89. The van der Waals surface area contributed by atoms with Gasteiger partial charge in [-0.05, 0) is 53.4 Å². The largest absolute Gasteiger partial charge is 0.310 e. The van der Waals surface area contributed by atoms with E-state index >= 15 is 0 Å². The third-order valence-electron chi connectivity index (χ3n) is 2.72. The summed E-state index contributed by atoms with van der Waals surface area (Å²) in [6, 6.07) is 8.38. The van der Waals surface area contributed by atoms with E-state index in [0.717, 1.165) is 18.5 Å². The van der Waals surface area contributed by atoms with E-state index in [1.807, 2.05) is 12.1 Å². The second-order valence-electron chi connectivity index (χ2n) is 4.28. The van der Waals surface area contributed by atoms with Crippen molar-refractivity contribution < 1.29 is 0 Å². The number of nitrogens with zero attached hydrogens (tertiary/aromatic N) is 2. The highest BCUT2D eigenvalue weighted by Crippen LogP contribution is 2.09. The van der Waals surface area contributed by atoms with Crippen LogP contribution in [0, 0.1) is 11.3 Å². The van der Waals surface area contributed by atoms with Gasteiger partial charge in [-0.1, -0.05) is 0 Å². The Balaban J connectivity index is 1.85. The second kappa shape index (κ2) is 6.29. The van der Waals surface area contributed by atoms with Crippen molar-refractivity contribution in [3.8, 4) is 6.07 Å². The molecule has 1 atom stereocenters. The highest BCUT2D eigenvalue weighted by molar-refractivity contribution is 7.07. The predicted molar refractivity (Wildman–Crippen MR) is 73.3 cm³/mol. The molecule has 0 radical (unpaired) electrons. The molecule has 2 rings (SSSR count). The first kappa shape index (κ1) is 12.7. The fourth-order valence-electron chi connectivity index (χ4n) is 1.77. The van der Waals surface area contributed by atoms with Crippen molar-refractivity contribution in [1.29, 1.82) is 5.26 Å². The number of rotatable bonds is 5. The van der Waals surface area contributed by atoms with Gasteiger partial charge in [-0.2, -0.15) is 16.6 Å². The minimum absolute atomic E-state index is 0.415. The molecule has 2 heterocycles. The molecule has 2 aromatic heterocycles. The second-order valence-corrected chi connectivity index (χ2v) is 5.06. The number of nitrogens with one attached hydrogen (secondary N) is 1. The van der Waals surface area contributed by atoms with Crippen LogP contribution in [0.15, 0.2) is 35.2 Å². The number of hydrogen-bond acceptors (Lipinski definition) is 4. The molecule has 0 saturated heterocycles. The Hall–Kier alpha value is -1.70. The summed E-state index contributed by atoms with van der Waals surface area (Å²) in [7, 11) is 0. The minimum Gasteiger partial charge on any atom is -0.310 e. The van der Waals surface area contributed by atoms with Gasteiger partial charge >= 0.3 is 0 Å². The fourth-order valence-corrected chi connectivity index (χ4v) is 2.45. The topological polar surface area (TPSA) is 48.7 Å². The summed E-state index contributed by atoms with van der Waals surface area (Å²) in [6.07, 6.45) is 2.71. The van der Waals surface area contributed by atoms with Crippen LogP contribution in [-0.4, -0.2) is 11.0 Å². The summed E-state index contributed by atoms with van der Waals surface area (Å²) in [5.41, 5.74) is 2.94. The Kier molecular flexibility index (Phi) is 4.46. The number of hydrogen-bond donors (Lipinski definition) is 1. The lowest BCUT2D eigenvalue weighted by molar-refractivity contribution is 0.546. The van der Waals surface area contributed by atoms with Crippen molar-refractivity contribution >= 4 is 11.3 Å². The van der Waals surface area contributed by atoms with Crippen molar-refractivity contribution in [2.75, 3.05) is 0 Å². The molecule has 3 nitrogen and oxygen atoms in total. The summed E-state index contributed by atoms with van der Waals surface area (Å²) in [5, 5.41) is 16.5. The van der Waals surface area contributed by atoms with Gasteiger partial charge in [-0.25, -0.2) is 4.98 Å². The summed E-state index contributed by atoms with van der Waals surface area (Å²) >= 11 is 1.73. The Morgan fingerprint density at radius 3 is 3.06 bits per heavy atom. The van der Waals surface area contributed by atoms with E-state index in [4.69, 9.17) is 5.26 Å². The van der Waals surface area contributed by atoms with Crippen molar-refractivity contribution in [3.63, 3.8) is 0 Å². The molecule has 2 aromatic rings. The van der Waals surface area contributed by atoms with Crippen LogP contribution in [0.1, 0.15) is 23.7 Å². The molecular formula is C14H15N3S. The van der Waals surface area contributed by atoms with Crippen LogP contribution in [0.4, 0.5) is 0 Å². The molecule has 0 amide bonds. The zero-order valence-electron chi connectivity index (χ0n) is 10.3. The summed E-state index contributed by atoms with van der Waals surface area (Å²) in [4.78, 5) is 3.96. The van der Waals surface area contributed by atoms with Gasteiger partial charge in [-0.3, -0.25) is 0 Å². The van der Waals surface area contributed by atoms with E-state index < -0.39 is 0 Å². The SMILES string of the molecule is CC(Cc1ccsc1)NCc1ccnc(C#N)c1. The first-order chi connectivity index (χ1) is 8.78. The highest BCUT2D eigenvalue weighted by atomic mass is 32.1. The zero-order chi connectivity index (χ0) is 12.8. The van der Waals surface area contributed by atoms with Crippen molar-refractivity contribution in [2.45, 2.75) is 25.9 Å². The maximum absolute atomic E-state index is 8.78. The third-order valence-corrected chi connectivity index (χ3v) is 3.45. The summed E-state index contributed by atoms with van der Waals surface area (Å²) < 4.78 is 0. The van der Waals surface area contributed by atoms with Crippen LogP contribution in [-0.2, 0) is 13.0 Å². The molecule has 0 aromatic carbocycles. The van der Waals surface area contributed by atoms with Crippen molar-refractivity contribution in [2.24, 2.45) is 0 Å². The number of pyridine rings is 1. The standard InChI is InChI=1S/C14H15N3S/c1-11(6-13-3-5-18-10-13)17-9-12-2-4-16-14(7-12)8-15/h2-5,7,10-11,17H,6,9H2,1H3. The summed E-state index contributed by atoms with van der Waals surface area (Å²) in [5.74, 6) is 0. The van der Waals surface area contributed by atoms with E-state index in [-0.39, 0.29) is 0 Å². The van der Waals surface area contributed by atoms with E-state index in [2.05, 4.69) is 40.1 Å². The van der Waals surface area contributed by atoms with E-state index in [1.165, 1.54) is 5.56 Å².